The molecule has 0 heterocycles. The average molecular weight is 312 g/mol. The van der Waals surface area contributed by atoms with Crippen molar-refractivity contribution in [1.82, 2.24) is 4.90 Å². The molecule has 3 nitrogen and oxygen atoms in total. The fraction of sp³-hybridized carbons (Fsp3) is 1.00. The summed E-state index contributed by atoms with van der Waals surface area (Å²) in [6.07, 6.45) is 3.82. The number of aliphatic hydroxyl groups is 1. The minimum absolute atomic E-state index is 0.252. The first kappa shape index (κ1) is 18.2. The van der Waals surface area contributed by atoms with E-state index in [0.717, 1.165) is 5.92 Å². The molecule has 0 radical (unpaired) electrons. The van der Waals surface area contributed by atoms with Gasteiger partial charge in [-0.1, -0.05) is 20.8 Å². The van der Waals surface area contributed by atoms with E-state index in [4.69, 9.17) is 4.74 Å². The molecule has 130 valence electrons. The highest BCUT2D eigenvalue weighted by molar-refractivity contribution is 5.09. The largest absolute Gasteiger partial charge is 0.389 e. The highest BCUT2D eigenvalue weighted by atomic mass is 16.5. The molecule has 0 aromatic rings. The third-order valence-corrected chi connectivity index (χ3v) is 6.34. The van der Waals surface area contributed by atoms with Crippen molar-refractivity contribution in [3.63, 3.8) is 0 Å². The van der Waals surface area contributed by atoms with E-state index in [9.17, 15) is 5.11 Å². The Morgan fingerprint density at radius 1 is 1.14 bits per heavy atom. The summed E-state index contributed by atoms with van der Waals surface area (Å²) in [6.45, 7) is 17.0. The third kappa shape index (κ3) is 3.37. The zero-order valence-electron chi connectivity index (χ0n) is 15.7. The van der Waals surface area contributed by atoms with Crippen LogP contribution in [0.3, 0.4) is 0 Å². The molecule has 3 heteroatoms. The molecule has 2 saturated carbocycles. The fourth-order valence-electron chi connectivity index (χ4n) is 5.19. The summed E-state index contributed by atoms with van der Waals surface area (Å²) in [7, 11) is 0. The molecular weight excluding hydrogens is 274 g/mol. The maximum absolute atomic E-state index is 10.4. The maximum atomic E-state index is 10.4. The Kier molecular flexibility index (Phi) is 5.31. The Morgan fingerprint density at radius 2 is 1.73 bits per heavy atom. The summed E-state index contributed by atoms with van der Waals surface area (Å²) < 4.78 is 6.30. The second-order valence-electron chi connectivity index (χ2n) is 9.17. The smallest absolute Gasteiger partial charge is 0.0900 e. The fourth-order valence-corrected chi connectivity index (χ4v) is 5.19. The van der Waals surface area contributed by atoms with Gasteiger partial charge in [-0.25, -0.2) is 0 Å². The lowest BCUT2D eigenvalue weighted by atomic mass is 9.70. The molecule has 22 heavy (non-hydrogen) atoms. The van der Waals surface area contributed by atoms with Crippen LogP contribution in [0.4, 0.5) is 0 Å². The third-order valence-electron chi connectivity index (χ3n) is 6.34. The van der Waals surface area contributed by atoms with Crippen molar-refractivity contribution in [2.24, 2.45) is 16.7 Å². The number of ether oxygens (including phenoxy) is 1. The van der Waals surface area contributed by atoms with Gasteiger partial charge in [-0.15, -0.1) is 0 Å². The Balaban J connectivity index is 1.90. The van der Waals surface area contributed by atoms with Gasteiger partial charge < -0.3 is 9.84 Å². The van der Waals surface area contributed by atoms with Crippen LogP contribution in [0, 0.1) is 16.7 Å². The van der Waals surface area contributed by atoms with Crippen molar-refractivity contribution in [3.05, 3.63) is 0 Å². The highest BCUT2D eigenvalue weighted by Gasteiger charge is 2.60. The van der Waals surface area contributed by atoms with Crippen LogP contribution in [0.1, 0.15) is 67.7 Å². The van der Waals surface area contributed by atoms with Crippen molar-refractivity contribution in [3.8, 4) is 0 Å². The van der Waals surface area contributed by atoms with Gasteiger partial charge >= 0.3 is 0 Å². The Labute approximate surface area is 137 Å². The molecule has 0 aliphatic heterocycles. The summed E-state index contributed by atoms with van der Waals surface area (Å²) >= 11 is 0. The average Bonchev–Trinajstić information content (AvgIpc) is 2.85. The van der Waals surface area contributed by atoms with E-state index in [1.165, 1.54) is 19.3 Å². The van der Waals surface area contributed by atoms with Gasteiger partial charge in [-0.2, -0.15) is 0 Å². The van der Waals surface area contributed by atoms with Gasteiger partial charge in [0.1, 0.15) is 0 Å². The summed E-state index contributed by atoms with van der Waals surface area (Å²) in [5.74, 6) is 0.794. The second-order valence-corrected chi connectivity index (χ2v) is 9.17. The number of fused-ring (bicyclic) bond motifs is 2. The van der Waals surface area contributed by atoms with Crippen molar-refractivity contribution >= 4 is 0 Å². The normalized spacial score (nSPS) is 35.0. The maximum Gasteiger partial charge on any atom is 0.0900 e. The van der Waals surface area contributed by atoms with Crippen LogP contribution in [-0.4, -0.2) is 47.4 Å². The molecule has 0 saturated heterocycles. The van der Waals surface area contributed by atoms with E-state index >= 15 is 0 Å². The molecule has 0 aromatic carbocycles. The number of hydrogen-bond donors (Lipinski definition) is 1. The van der Waals surface area contributed by atoms with E-state index in [-0.39, 0.29) is 5.41 Å². The van der Waals surface area contributed by atoms with Gasteiger partial charge in [0.05, 0.1) is 18.8 Å². The predicted octanol–water partition coefficient (Wildman–Crippen LogP) is 3.70. The molecule has 0 spiro atoms. The van der Waals surface area contributed by atoms with Crippen molar-refractivity contribution in [2.75, 3.05) is 13.2 Å². The van der Waals surface area contributed by atoms with E-state index in [2.05, 4.69) is 53.4 Å². The summed E-state index contributed by atoms with van der Waals surface area (Å²) in [5.41, 5.74) is 0.576. The number of nitrogens with zero attached hydrogens (tertiary/aromatic N) is 1. The zero-order valence-corrected chi connectivity index (χ0v) is 15.7. The van der Waals surface area contributed by atoms with Crippen LogP contribution in [0.5, 0.6) is 0 Å². The minimum atomic E-state index is -0.400. The molecule has 2 rings (SSSR count). The molecule has 2 bridgehead atoms. The molecule has 4 atom stereocenters. The van der Waals surface area contributed by atoms with Crippen LogP contribution in [0.2, 0.25) is 0 Å². The summed E-state index contributed by atoms with van der Waals surface area (Å²) in [6, 6.07) is 0.900. The van der Waals surface area contributed by atoms with Crippen LogP contribution < -0.4 is 0 Å². The quantitative estimate of drug-likeness (QED) is 0.778. The topological polar surface area (TPSA) is 32.7 Å². The van der Waals surface area contributed by atoms with E-state index < -0.39 is 6.10 Å². The summed E-state index contributed by atoms with van der Waals surface area (Å²) in [5, 5.41) is 10.4. The first-order valence-corrected chi connectivity index (χ1v) is 9.13. The van der Waals surface area contributed by atoms with Crippen LogP contribution >= 0.6 is 0 Å². The molecule has 2 aliphatic rings. The Hall–Kier alpha value is -0.120. The Bertz CT molecular complexity index is 367. The van der Waals surface area contributed by atoms with E-state index in [0.29, 0.717) is 36.8 Å². The first-order valence-electron chi connectivity index (χ1n) is 9.13. The second kappa shape index (κ2) is 6.41. The zero-order chi connectivity index (χ0) is 16.7. The molecule has 1 N–H and O–H groups in total. The van der Waals surface area contributed by atoms with Gasteiger partial charge in [0, 0.05) is 18.6 Å². The molecule has 2 aliphatic carbocycles. The number of rotatable bonds is 7. The van der Waals surface area contributed by atoms with Crippen LogP contribution in [0.25, 0.3) is 0 Å². The minimum Gasteiger partial charge on any atom is -0.389 e. The predicted molar refractivity (Wildman–Crippen MR) is 92.0 cm³/mol. The molecule has 0 unspecified atom stereocenters. The van der Waals surface area contributed by atoms with Gasteiger partial charge in [0.15, 0.2) is 0 Å². The molecule has 0 amide bonds. The van der Waals surface area contributed by atoms with E-state index in [1.807, 2.05) is 0 Å². The van der Waals surface area contributed by atoms with Crippen molar-refractivity contribution in [2.45, 2.75) is 92.0 Å². The van der Waals surface area contributed by atoms with Gasteiger partial charge in [-0.3, -0.25) is 4.90 Å². The first-order chi connectivity index (χ1) is 10.1. The number of aliphatic hydroxyl groups excluding tert-OH is 1. The van der Waals surface area contributed by atoms with Crippen molar-refractivity contribution in [1.29, 1.82) is 0 Å². The Morgan fingerprint density at radius 3 is 2.18 bits per heavy atom. The van der Waals surface area contributed by atoms with Gasteiger partial charge in [0.25, 0.3) is 0 Å². The SMILES string of the molecule is CC(C)N(C[C@H](O)CO[C@@H]1C(C)(C)[C@@H]2CC[C@]1(C)C2)C(C)C. The van der Waals surface area contributed by atoms with Crippen LogP contribution in [-0.2, 0) is 4.74 Å². The lowest BCUT2D eigenvalue weighted by Gasteiger charge is -2.43. The number of hydrogen-bond acceptors (Lipinski definition) is 3. The summed E-state index contributed by atoms with van der Waals surface area (Å²) in [4.78, 5) is 2.34. The lowest BCUT2D eigenvalue weighted by Crippen LogP contribution is -2.46. The molecular formula is C19H37NO2. The monoisotopic (exact) mass is 311 g/mol. The van der Waals surface area contributed by atoms with Gasteiger partial charge in [-0.05, 0) is 63.7 Å². The lowest BCUT2D eigenvalue weighted by molar-refractivity contribution is -0.115. The molecule has 0 aromatic heterocycles. The standard InChI is InChI=1S/C19H37NO2/c1-13(2)20(14(3)4)11-16(21)12-22-17-18(5,6)15-8-9-19(17,7)10-15/h13-17,21H,8-12H2,1-7H3/t15-,16+,17-,19-/m1/s1. The highest BCUT2D eigenvalue weighted by Crippen LogP contribution is 2.63. The van der Waals surface area contributed by atoms with E-state index in [1.54, 1.807) is 0 Å². The van der Waals surface area contributed by atoms with Crippen molar-refractivity contribution < 1.29 is 9.84 Å². The molecule has 2 fully saturated rings. The van der Waals surface area contributed by atoms with Crippen LogP contribution in [0.15, 0.2) is 0 Å². The van der Waals surface area contributed by atoms with Gasteiger partial charge in [0.2, 0.25) is 0 Å².